The summed E-state index contributed by atoms with van der Waals surface area (Å²) in [7, 11) is 1.12. The normalized spacial score (nSPS) is 23.0. The van der Waals surface area contributed by atoms with Crippen LogP contribution < -0.4 is 4.90 Å². The summed E-state index contributed by atoms with van der Waals surface area (Å²) in [5, 5.41) is 6.80. The van der Waals surface area contributed by atoms with Gasteiger partial charge in [-0.25, -0.2) is 9.69 Å². The van der Waals surface area contributed by atoms with Crippen LogP contribution in [0.5, 0.6) is 0 Å². The number of hydrogen-bond acceptors (Lipinski definition) is 7. The number of hydrazone groups is 1. The minimum atomic E-state index is -1.25. The third-order valence-electron chi connectivity index (χ3n) is 3.77. The summed E-state index contributed by atoms with van der Waals surface area (Å²) in [6.45, 7) is 1.82. The van der Waals surface area contributed by atoms with E-state index in [1.807, 2.05) is 13.0 Å². The number of ether oxygens (including phenoxy) is 1. The fourth-order valence-electron chi connectivity index (χ4n) is 2.75. The summed E-state index contributed by atoms with van der Waals surface area (Å²) < 4.78 is 4.56. The zero-order valence-electron chi connectivity index (χ0n) is 12.3. The lowest BCUT2D eigenvalue weighted by atomic mass is 9.98. The number of methoxy groups -OCH3 is 1. The second-order valence-electron chi connectivity index (χ2n) is 5.15. The van der Waals surface area contributed by atoms with Gasteiger partial charge in [0, 0.05) is 0 Å². The van der Waals surface area contributed by atoms with Gasteiger partial charge in [-0.3, -0.25) is 9.59 Å². The number of carbonyl (C=O) groups excluding carboxylic acids is 3. The van der Waals surface area contributed by atoms with Crippen LogP contribution in [0.3, 0.4) is 0 Å². The monoisotopic (exact) mass is 316 g/mol. The number of fused-ring (bicyclic) bond motifs is 1. The number of rotatable bonds is 3. The van der Waals surface area contributed by atoms with Crippen molar-refractivity contribution in [3.63, 3.8) is 0 Å². The number of carbonyl (C=O) groups is 3. The average Bonchev–Trinajstić information content (AvgIpc) is 3.04. The second kappa shape index (κ2) is 5.27. The van der Waals surface area contributed by atoms with E-state index in [0.717, 1.165) is 17.6 Å². The number of hydrogen-bond donors (Lipinski definition) is 0. The smallest absolute Gasteiger partial charge is 0.355 e. The number of aryl methyl sites for hydroxylation is 1. The Morgan fingerprint density at radius 3 is 2.65 bits per heavy atom. The van der Waals surface area contributed by atoms with Gasteiger partial charge in [0.1, 0.15) is 5.92 Å². The number of amides is 2. The molecule has 9 nitrogen and oxygen atoms in total. The van der Waals surface area contributed by atoms with E-state index in [0.29, 0.717) is 10.8 Å². The fraction of sp³-hybridized carbons (Fsp3) is 0.286. The average molecular weight is 316 g/mol. The zero-order valence-corrected chi connectivity index (χ0v) is 12.3. The highest BCUT2D eigenvalue weighted by atomic mass is 16.5. The molecule has 1 aromatic rings. The topological polar surface area (TPSA) is 109 Å². The Kier molecular flexibility index (Phi) is 3.40. The predicted octanol–water partition coefficient (Wildman–Crippen LogP) is 0.379. The van der Waals surface area contributed by atoms with Crippen molar-refractivity contribution in [2.45, 2.75) is 13.0 Å². The van der Waals surface area contributed by atoms with E-state index in [1.54, 1.807) is 18.2 Å². The van der Waals surface area contributed by atoms with Crippen molar-refractivity contribution in [3.05, 3.63) is 34.7 Å². The van der Waals surface area contributed by atoms with E-state index in [2.05, 4.69) is 15.1 Å². The number of nitrogens with zero attached hydrogens (tertiary/aromatic N) is 4. The molecule has 0 aromatic heterocycles. The summed E-state index contributed by atoms with van der Waals surface area (Å²) >= 11 is 0. The van der Waals surface area contributed by atoms with Gasteiger partial charge in [0.2, 0.25) is 5.91 Å². The molecule has 2 atom stereocenters. The van der Waals surface area contributed by atoms with Gasteiger partial charge < -0.3 is 4.74 Å². The summed E-state index contributed by atoms with van der Waals surface area (Å²) in [6.07, 6.45) is 0. The summed E-state index contributed by atoms with van der Waals surface area (Å²) in [5.41, 5.74) is 0.919. The second-order valence-corrected chi connectivity index (χ2v) is 5.15. The van der Waals surface area contributed by atoms with Gasteiger partial charge in [-0.05, 0) is 24.6 Å². The molecule has 23 heavy (non-hydrogen) atoms. The van der Waals surface area contributed by atoms with Crippen molar-refractivity contribution < 1.29 is 19.1 Å². The number of esters is 1. The zero-order chi connectivity index (χ0) is 16.7. The van der Waals surface area contributed by atoms with Crippen LogP contribution in [0.1, 0.15) is 5.56 Å². The van der Waals surface area contributed by atoms with Crippen molar-refractivity contribution >= 4 is 29.2 Å². The Balaban J connectivity index is 2.05. The number of benzene rings is 1. The van der Waals surface area contributed by atoms with E-state index in [-0.39, 0.29) is 5.71 Å². The fourth-order valence-corrected chi connectivity index (χ4v) is 2.75. The van der Waals surface area contributed by atoms with Crippen LogP contribution in [0.2, 0.25) is 0 Å². The molecule has 9 heteroatoms. The summed E-state index contributed by atoms with van der Waals surface area (Å²) in [6, 6.07) is 5.51. The Morgan fingerprint density at radius 1 is 1.30 bits per heavy atom. The highest BCUT2D eigenvalue weighted by molar-refractivity contribution is 6.46. The molecule has 1 fully saturated rings. The maximum Gasteiger partial charge on any atom is 0.355 e. The molecule has 1 aromatic carbocycles. The first-order valence-electron chi connectivity index (χ1n) is 6.73. The van der Waals surface area contributed by atoms with E-state index < -0.39 is 29.7 Å². The molecular weight excluding hydrogens is 304 g/mol. The minimum absolute atomic E-state index is 0.300. The first kappa shape index (κ1) is 14.8. The first-order valence-corrected chi connectivity index (χ1v) is 6.73. The highest BCUT2D eigenvalue weighted by Gasteiger charge is 2.59. The molecular formula is C14H12N4O5. The van der Waals surface area contributed by atoms with Crippen molar-refractivity contribution in [1.29, 1.82) is 0 Å². The van der Waals surface area contributed by atoms with Crippen molar-refractivity contribution in [2.75, 3.05) is 12.0 Å². The number of nitroso groups, excluding NO2 is 1. The molecule has 0 spiro atoms. The molecule has 0 bridgehead atoms. The highest BCUT2D eigenvalue weighted by Crippen LogP contribution is 2.35. The molecule has 3 rings (SSSR count). The third-order valence-corrected chi connectivity index (χ3v) is 3.77. The van der Waals surface area contributed by atoms with Crippen LogP contribution >= 0.6 is 0 Å². The van der Waals surface area contributed by atoms with Crippen molar-refractivity contribution in [2.24, 2.45) is 16.3 Å². The Morgan fingerprint density at radius 2 is 2.04 bits per heavy atom. The number of anilines is 1. The van der Waals surface area contributed by atoms with Gasteiger partial charge in [-0.1, -0.05) is 12.1 Å². The Bertz CT molecular complexity index is 759. The van der Waals surface area contributed by atoms with Crippen molar-refractivity contribution in [1.82, 2.24) is 5.12 Å². The summed E-state index contributed by atoms with van der Waals surface area (Å²) in [4.78, 5) is 48.8. The molecule has 2 heterocycles. The van der Waals surface area contributed by atoms with Gasteiger partial charge in [0.05, 0.1) is 18.1 Å². The molecule has 2 aliphatic heterocycles. The molecule has 0 unspecified atom stereocenters. The van der Waals surface area contributed by atoms with E-state index in [4.69, 9.17) is 0 Å². The maximum atomic E-state index is 12.6. The molecule has 0 aliphatic carbocycles. The van der Waals surface area contributed by atoms with Gasteiger partial charge >= 0.3 is 5.97 Å². The third kappa shape index (κ3) is 2.08. The molecule has 118 valence electrons. The lowest BCUT2D eigenvalue weighted by Crippen LogP contribution is -2.36. The molecule has 0 N–H and O–H groups in total. The maximum absolute atomic E-state index is 12.6. The van der Waals surface area contributed by atoms with Gasteiger partial charge in [-0.15, -0.1) is 15.1 Å². The van der Waals surface area contributed by atoms with E-state index in [1.165, 1.54) is 0 Å². The first-order chi connectivity index (χ1) is 11.0. The molecule has 2 aliphatic rings. The van der Waals surface area contributed by atoms with E-state index in [9.17, 15) is 19.3 Å². The largest absolute Gasteiger partial charge is 0.464 e. The van der Waals surface area contributed by atoms with Crippen LogP contribution in [0.15, 0.2) is 34.7 Å². The van der Waals surface area contributed by atoms with Gasteiger partial charge in [-0.2, -0.15) is 0 Å². The van der Waals surface area contributed by atoms with Gasteiger partial charge in [0.25, 0.3) is 5.91 Å². The standard InChI is InChI=1S/C14H12N4O5/c1-7-4-3-5-8(6-7)17-12(19)9-10(14(21)23-2)15-18(16-22)11(9)13(17)20/h3-6,9,11H,1-2H3/t9-,11+/m1/s1. The van der Waals surface area contributed by atoms with Crippen LogP contribution in [-0.4, -0.2) is 41.8 Å². The SMILES string of the molecule is COC(=O)C1=NN(N=O)[C@@H]2C(=O)N(c3cccc(C)c3)C(=O)[C@H]12. The van der Waals surface area contributed by atoms with Crippen LogP contribution in [-0.2, 0) is 19.1 Å². The Hall–Kier alpha value is -3.10. The van der Waals surface area contributed by atoms with Crippen molar-refractivity contribution in [3.8, 4) is 0 Å². The minimum Gasteiger partial charge on any atom is -0.464 e. The van der Waals surface area contributed by atoms with Crippen LogP contribution in [0.25, 0.3) is 0 Å². The predicted molar refractivity (Wildman–Crippen MR) is 78.0 cm³/mol. The lowest BCUT2D eigenvalue weighted by Gasteiger charge is -2.17. The Labute approximate surface area is 130 Å². The number of imide groups is 1. The quantitative estimate of drug-likeness (QED) is 0.453. The molecule has 2 amide bonds. The molecule has 1 saturated heterocycles. The van der Waals surface area contributed by atoms with Gasteiger partial charge in [0.15, 0.2) is 11.8 Å². The molecule has 0 radical (unpaired) electrons. The van der Waals surface area contributed by atoms with Crippen LogP contribution in [0.4, 0.5) is 5.69 Å². The van der Waals surface area contributed by atoms with Crippen LogP contribution in [0, 0.1) is 17.7 Å². The summed E-state index contributed by atoms with van der Waals surface area (Å²) in [5.74, 6) is -3.37. The lowest BCUT2D eigenvalue weighted by molar-refractivity contribution is -0.133. The molecule has 0 saturated carbocycles. The van der Waals surface area contributed by atoms with E-state index >= 15 is 0 Å².